The number of allylic oxidation sites excluding steroid dienone is 1. The van der Waals surface area contributed by atoms with Crippen molar-refractivity contribution < 1.29 is 0 Å². The lowest BCUT2D eigenvalue weighted by molar-refractivity contribution is 0.208. The van der Waals surface area contributed by atoms with Gasteiger partial charge in [-0.2, -0.15) is 0 Å². The summed E-state index contributed by atoms with van der Waals surface area (Å²) >= 11 is 0. The van der Waals surface area contributed by atoms with Gasteiger partial charge in [-0.15, -0.1) is 0 Å². The maximum atomic E-state index is 4.01. The molecule has 64 valence electrons. The molecule has 0 spiro atoms. The average molecular weight is 153 g/mol. The highest BCUT2D eigenvalue weighted by Gasteiger charge is 2.17. The van der Waals surface area contributed by atoms with Crippen molar-refractivity contribution in [2.45, 2.75) is 26.7 Å². The fourth-order valence-electron chi connectivity index (χ4n) is 1.74. The predicted octanol–water partition coefficient (Wildman–Crippen LogP) is 2.29. The molecule has 0 aromatic rings. The lowest BCUT2D eigenvalue weighted by Gasteiger charge is -2.31. The van der Waals surface area contributed by atoms with Crippen LogP contribution >= 0.6 is 0 Å². The molecule has 1 fully saturated rings. The fraction of sp³-hybridized carbons (Fsp3) is 0.800. The van der Waals surface area contributed by atoms with Crippen molar-refractivity contribution in [3.63, 3.8) is 0 Å². The average Bonchev–Trinajstić information content (AvgIpc) is 2.05. The largest absolute Gasteiger partial charge is 0.304 e. The van der Waals surface area contributed by atoms with Gasteiger partial charge in [0, 0.05) is 0 Å². The summed E-state index contributed by atoms with van der Waals surface area (Å²) in [7, 11) is 0. The van der Waals surface area contributed by atoms with Gasteiger partial charge < -0.3 is 4.90 Å². The molecule has 0 N–H and O–H groups in total. The van der Waals surface area contributed by atoms with Gasteiger partial charge in [0.1, 0.15) is 0 Å². The first-order chi connectivity index (χ1) is 5.24. The van der Waals surface area contributed by atoms with Crippen molar-refractivity contribution in [3.05, 3.63) is 12.2 Å². The maximum Gasteiger partial charge on any atom is -0.00131 e. The van der Waals surface area contributed by atoms with Crippen LogP contribution in [0.4, 0.5) is 0 Å². The zero-order valence-corrected chi connectivity index (χ0v) is 7.77. The van der Waals surface area contributed by atoms with E-state index in [0.29, 0.717) is 0 Å². The van der Waals surface area contributed by atoms with Gasteiger partial charge in [-0.1, -0.05) is 19.1 Å². The van der Waals surface area contributed by atoms with E-state index in [9.17, 15) is 0 Å². The predicted molar refractivity (Wildman–Crippen MR) is 49.7 cm³/mol. The molecule has 0 radical (unpaired) electrons. The smallest absolute Gasteiger partial charge is 0.00131 e. The topological polar surface area (TPSA) is 3.24 Å². The van der Waals surface area contributed by atoms with E-state index in [1.165, 1.54) is 38.0 Å². The van der Waals surface area contributed by atoms with Gasteiger partial charge in [0.2, 0.25) is 0 Å². The van der Waals surface area contributed by atoms with Crippen LogP contribution in [0.25, 0.3) is 0 Å². The molecule has 1 aliphatic heterocycles. The summed E-state index contributed by atoms with van der Waals surface area (Å²) in [5.74, 6) is 0.804. The molecule has 0 amide bonds. The van der Waals surface area contributed by atoms with E-state index >= 15 is 0 Å². The van der Waals surface area contributed by atoms with Gasteiger partial charge in [-0.25, -0.2) is 0 Å². The van der Waals surface area contributed by atoms with Crippen molar-refractivity contribution in [2.24, 2.45) is 5.92 Å². The molecule has 1 aliphatic rings. The number of hydrogen-bond donors (Lipinski definition) is 0. The lowest BCUT2D eigenvalue weighted by Crippen LogP contribution is -2.33. The van der Waals surface area contributed by atoms with Gasteiger partial charge in [-0.3, -0.25) is 0 Å². The SMILES string of the molecule is C=C(C)C1CCN(CC)CC1. The third kappa shape index (κ3) is 2.33. The van der Waals surface area contributed by atoms with Crippen LogP contribution < -0.4 is 0 Å². The molecule has 0 saturated carbocycles. The van der Waals surface area contributed by atoms with Crippen LogP contribution in [0.3, 0.4) is 0 Å². The third-order valence-electron chi connectivity index (χ3n) is 2.73. The summed E-state index contributed by atoms with van der Waals surface area (Å²) < 4.78 is 0. The van der Waals surface area contributed by atoms with E-state index in [4.69, 9.17) is 0 Å². The highest BCUT2D eigenvalue weighted by atomic mass is 15.1. The van der Waals surface area contributed by atoms with Crippen molar-refractivity contribution in [3.8, 4) is 0 Å². The molecule has 1 rings (SSSR count). The number of rotatable bonds is 2. The number of likely N-dealkylation sites (tertiary alicyclic amines) is 1. The Labute approximate surface area is 70.1 Å². The van der Waals surface area contributed by atoms with Gasteiger partial charge in [0.15, 0.2) is 0 Å². The Morgan fingerprint density at radius 1 is 1.45 bits per heavy atom. The minimum Gasteiger partial charge on any atom is -0.304 e. The molecule has 1 saturated heterocycles. The van der Waals surface area contributed by atoms with Gasteiger partial charge in [0.05, 0.1) is 0 Å². The Hall–Kier alpha value is -0.300. The summed E-state index contributed by atoms with van der Waals surface area (Å²) in [6.07, 6.45) is 2.65. The fourth-order valence-corrected chi connectivity index (χ4v) is 1.74. The number of piperidine rings is 1. The Bertz CT molecular complexity index is 132. The van der Waals surface area contributed by atoms with Crippen LogP contribution in [0.1, 0.15) is 26.7 Å². The Morgan fingerprint density at radius 2 is 2.00 bits per heavy atom. The molecular weight excluding hydrogens is 134 g/mol. The second kappa shape index (κ2) is 3.91. The molecule has 0 aromatic carbocycles. The van der Waals surface area contributed by atoms with E-state index in [1.54, 1.807) is 0 Å². The zero-order valence-electron chi connectivity index (χ0n) is 7.77. The number of nitrogens with zero attached hydrogens (tertiary/aromatic N) is 1. The quantitative estimate of drug-likeness (QED) is 0.550. The Balaban J connectivity index is 2.30. The summed E-state index contributed by atoms with van der Waals surface area (Å²) in [4.78, 5) is 2.51. The van der Waals surface area contributed by atoms with Crippen LogP contribution in [0.15, 0.2) is 12.2 Å². The molecule has 0 aromatic heterocycles. The van der Waals surface area contributed by atoms with E-state index in [2.05, 4.69) is 25.3 Å². The monoisotopic (exact) mass is 153 g/mol. The maximum absolute atomic E-state index is 4.01. The first kappa shape index (κ1) is 8.79. The summed E-state index contributed by atoms with van der Waals surface area (Å²) in [6.45, 7) is 12.2. The zero-order chi connectivity index (χ0) is 8.27. The first-order valence-electron chi connectivity index (χ1n) is 4.61. The van der Waals surface area contributed by atoms with Crippen molar-refractivity contribution in [2.75, 3.05) is 19.6 Å². The highest BCUT2D eigenvalue weighted by molar-refractivity contribution is 4.98. The van der Waals surface area contributed by atoms with E-state index in [1.807, 2.05) is 0 Å². The van der Waals surface area contributed by atoms with Crippen LogP contribution in [0.5, 0.6) is 0 Å². The first-order valence-corrected chi connectivity index (χ1v) is 4.61. The van der Waals surface area contributed by atoms with Gasteiger partial charge >= 0.3 is 0 Å². The van der Waals surface area contributed by atoms with Crippen LogP contribution in [0, 0.1) is 5.92 Å². The van der Waals surface area contributed by atoms with Gasteiger partial charge in [0.25, 0.3) is 0 Å². The van der Waals surface area contributed by atoms with Gasteiger partial charge in [-0.05, 0) is 45.3 Å². The standard InChI is InChI=1S/C10H19N/c1-4-11-7-5-10(6-8-11)9(2)3/h10H,2,4-8H2,1,3H3. The summed E-state index contributed by atoms with van der Waals surface area (Å²) in [5.41, 5.74) is 1.38. The molecular formula is C10H19N. The van der Waals surface area contributed by atoms with E-state index < -0.39 is 0 Å². The molecule has 0 bridgehead atoms. The highest BCUT2D eigenvalue weighted by Crippen LogP contribution is 2.22. The Morgan fingerprint density at radius 3 is 2.36 bits per heavy atom. The van der Waals surface area contributed by atoms with Crippen molar-refractivity contribution in [1.82, 2.24) is 4.90 Å². The molecule has 11 heavy (non-hydrogen) atoms. The van der Waals surface area contributed by atoms with Crippen LogP contribution in [0.2, 0.25) is 0 Å². The minimum absolute atomic E-state index is 0.804. The number of hydrogen-bond acceptors (Lipinski definition) is 1. The minimum atomic E-state index is 0.804. The molecule has 1 heteroatoms. The molecule has 1 heterocycles. The van der Waals surface area contributed by atoms with Crippen LogP contribution in [-0.4, -0.2) is 24.5 Å². The summed E-state index contributed by atoms with van der Waals surface area (Å²) in [6, 6.07) is 0. The lowest BCUT2D eigenvalue weighted by atomic mass is 9.91. The van der Waals surface area contributed by atoms with E-state index in [0.717, 1.165) is 5.92 Å². The molecule has 0 atom stereocenters. The van der Waals surface area contributed by atoms with Crippen molar-refractivity contribution in [1.29, 1.82) is 0 Å². The second-order valence-electron chi connectivity index (χ2n) is 3.55. The molecule has 1 nitrogen and oxygen atoms in total. The van der Waals surface area contributed by atoms with Crippen molar-refractivity contribution >= 4 is 0 Å². The molecule has 0 unspecified atom stereocenters. The van der Waals surface area contributed by atoms with Crippen LogP contribution in [-0.2, 0) is 0 Å². The molecule has 0 aliphatic carbocycles. The Kier molecular flexibility index (Phi) is 3.13. The third-order valence-corrected chi connectivity index (χ3v) is 2.73. The van der Waals surface area contributed by atoms with E-state index in [-0.39, 0.29) is 0 Å². The summed E-state index contributed by atoms with van der Waals surface area (Å²) in [5, 5.41) is 0. The normalized spacial score (nSPS) is 22.0. The second-order valence-corrected chi connectivity index (χ2v) is 3.55.